The third-order valence-corrected chi connectivity index (χ3v) is 4.63. The van der Waals surface area contributed by atoms with E-state index in [1.807, 2.05) is 6.92 Å². The van der Waals surface area contributed by atoms with Crippen LogP contribution in [0.15, 0.2) is 23.1 Å². The van der Waals surface area contributed by atoms with Crippen molar-refractivity contribution in [3.05, 3.63) is 23.8 Å². The molecule has 1 heterocycles. The van der Waals surface area contributed by atoms with Crippen LogP contribution in [0.1, 0.15) is 24.8 Å². The molecule has 2 rings (SSSR count). The molecule has 1 aromatic rings. The van der Waals surface area contributed by atoms with Gasteiger partial charge in [-0.3, -0.25) is 4.79 Å². The minimum atomic E-state index is -3.81. The second-order valence-corrected chi connectivity index (χ2v) is 7.33. The Morgan fingerprint density at radius 2 is 2.20 bits per heavy atom. The van der Waals surface area contributed by atoms with Crippen LogP contribution in [-0.4, -0.2) is 39.4 Å². The maximum Gasteiger partial charge on any atom is 0.261 e. The van der Waals surface area contributed by atoms with E-state index in [1.165, 1.54) is 18.2 Å². The predicted molar refractivity (Wildman–Crippen MR) is 75.6 cm³/mol. The minimum absolute atomic E-state index is 0.0145. The minimum Gasteiger partial charge on any atom is -0.492 e. The van der Waals surface area contributed by atoms with E-state index in [9.17, 15) is 13.2 Å². The first-order chi connectivity index (χ1) is 9.34. The average molecular weight is 318 g/mol. The molecule has 7 heteroatoms. The van der Waals surface area contributed by atoms with Gasteiger partial charge >= 0.3 is 0 Å². The quantitative estimate of drug-likeness (QED) is 0.796. The largest absolute Gasteiger partial charge is 0.492 e. The van der Waals surface area contributed by atoms with Gasteiger partial charge in [-0.15, -0.1) is 0 Å². The standard InChI is InChI=1S/C13H16ClNO4S/c1-3-6-15(2)13(16)11-8-19-12-5-4-9(7-10(11)12)20(14,17)18/h4-5,7,11H,3,6,8H2,1-2H3. The first-order valence-corrected chi connectivity index (χ1v) is 8.62. The molecule has 1 aromatic carbocycles. The first-order valence-electron chi connectivity index (χ1n) is 6.31. The van der Waals surface area contributed by atoms with E-state index in [0.717, 1.165) is 6.42 Å². The lowest BCUT2D eigenvalue weighted by molar-refractivity contribution is -0.131. The number of halogens is 1. The maximum atomic E-state index is 12.3. The SMILES string of the molecule is CCCN(C)C(=O)C1COc2ccc(S(=O)(=O)Cl)cc21. The highest BCUT2D eigenvalue weighted by Crippen LogP contribution is 2.37. The molecule has 20 heavy (non-hydrogen) atoms. The van der Waals surface area contributed by atoms with Gasteiger partial charge in [-0.2, -0.15) is 0 Å². The number of rotatable bonds is 4. The van der Waals surface area contributed by atoms with E-state index in [-0.39, 0.29) is 17.4 Å². The summed E-state index contributed by atoms with van der Waals surface area (Å²) < 4.78 is 28.2. The van der Waals surface area contributed by atoms with E-state index in [1.54, 1.807) is 11.9 Å². The van der Waals surface area contributed by atoms with Gasteiger partial charge in [-0.05, 0) is 24.6 Å². The molecule has 0 aromatic heterocycles. The number of hydrogen-bond acceptors (Lipinski definition) is 4. The second kappa shape index (κ2) is 5.61. The van der Waals surface area contributed by atoms with E-state index in [2.05, 4.69) is 0 Å². The third kappa shape index (κ3) is 2.91. The van der Waals surface area contributed by atoms with E-state index < -0.39 is 15.0 Å². The van der Waals surface area contributed by atoms with Crippen LogP contribution in [0.3, 0.4) is 0 Å². The molecule has 110 valence electrons. The van der Waals surface area contributed by atoms with Gasteiger partial charge in [0.1, 0.15) is 18.3 Å². The van der Waals surface area contributed by atoms with Gasteiger partial charge in [0.2, 0.25) is 5.91 Å². The number of benzene rings is 1. The Morgan fingerprint density at radius 1 is 1.50 bits per heavy atom. The molecule has 5 nitrogen and oxygen atoms in total. The summed E-state index contributed by atoms with van der Waals surface area (Å²) in [7, 11) is 3.25. The summed E-state index contributed by atoms with van der Waals surface area (Å²) in [5.41, 5.74) is 0.583. The third-order valence-electron chi connectivity index (χ3n) is 3.28. The average Bonchev–Trinajstić information content (AvgIpc) is 2.79. The molecule has 0 N–H and O–H groups in total. The highest BCUT2D eigenvalue weighted by Gasteiger charge is 2.33. The van der Waals surface area contributed by atoms with Crippen LogP contribution in [0.25, 0.3) is 0 Å². The topological polar surface area (TPSA) is 63.7 Å². The summed E-state index contributed by atoms with van der Waals surface area (Å²) in [4.78, 5) is 13.9. The lowest BCUT2D eigenvalue weighted by Gasteiger charge is -2.19. The van der Waals surface area contributed by atoms with Gasteiger partial charge in [0.15, 0.2) is 0 Å². The van der Waals surface area contributed by atoms with E-state index in [4.69, 9.17) is 15.4 Å². The summed E-state index contributed by atoms with van der Waals surface area (Å²) in [6.45, 7) is 2.87. The molecule has 1 aliphatic rings. The van der Waals surface area contributed by atoms with Gasteiger partial charge in [-0.1, -0.05) is 6.92 Å². The number of nitrogens with zero attached hydrogens (tertiary/aromatic N) is 1. The molecule has 0 saturated carbocycles. The maximum absolute atomic E-state index is 12.3. The molecule has 1 aliphatic heterocycles. The van der Waals surface area contributed by atoms with E-state index in [0.29, 0.717) is 17.9 Å². The molecule has 0 radical (unpaired) electrons. The van der Waals surface area contributed by atoms with Crippen molar-refractivity contribution >= 4 is 25.6 Å². The molecule has 1 unspecified atom stereocenters. The number of amides is 1. The summed E-state index contributed by atoms with van der Waals surface area (Å²) in [6.07, 6.45) is 0.860. The highest BCUT2D eigenvalue weighted by atomic mass is 35.7. The van der Waals surface area contributed by atoms with Crippen LogP contribution < -0.4 is 4.74 Å². The number of fused-ring (bicyclic) bond motifs is 1. The number of carbonyl (C=O) groups is 1. The van der Waals surface area contributed by atoms with Crippen molar-refractivity contribution in [1.82, 2.24) is 4.90 Å². The first kappa shape index (κ1) is 15.1. The summed E-state index contributed by atoms with van der Waals surface area (Å²) >= 11 is 0. The molecule has 0 saturated heterocycles. The zero-order valence-electron chi connectivity index (χ0n) is 11.3. The Hall–Kier alpha value is -1.27. The highest BCUT2D eigenvalue weighted by molar-refractivity contribution is 8.13. The van der Waals surface area contributed by atoms with Gasteiger partial charge < -0.3 is 9.64 Å². The molecule has 0 fully saturated rings. The number of likely N-dealkylation sites (N-methyl/N-ethyl adjacent to an activating group) is 1. The second-order valence-electron chi connectivity index (χ2n) is 4.76. The predicted octanol–water partition coefficient (Wildman–Crippen LogP) is 1.96. The molecule has 0 bridgehead atoms. The van der Waals surface area contributed by atoms with Crippen molar-refractivity contribution in [2.75, 3.05) is 20.2 Å². The summed E-state index contributed by atoms with van der Waals surface area (Å²) in [5.74, 6) is -0.00745. The molecule has 0 spiro atoms. The molecule has 1 amide bonds. The van der Waals surface area contributed by atoms with Crippen LogP contribution in [0, 0.1) is 0 Å². The number of carbonyl (C=O) groups excluding carboxylic acids is 1. The lowest BCUT2D eigenvalue weighted by Crippen LogP contribution is -2.33. The summed E-state index contributed by atoms with van der Waals surface area (Å²) in [6, 6.07) is 4.34. The van der Waals surface area contributed by atoms with Crippen LogP contribution in [0.2, 0.25) is 0 Å². The van der Waals surface area contributed by atoms with Crippen molar-refractivity contribution in [3.8, 4) is 5.75 Å². The smallest absolute Gasteiger partial charge is 0.261 e. The van der Waals surface area contributed by atoms with Crippen molar-refractivity contribution in [2.24, 2.45) is 0 Å². The zero-order valence-corrected chi connectivity index (χ0v) is 12.9. The fourth-order valence-electron chi connectivity index (χ4n) is 2.26. The Balaban J connectivity index is 2.34. The zero-order chi connectivity index (χ0) is 14.9. The fourth-order valence-corrected chi connectivity index (χ4v) is 3.05. The normalized spacial score (nSPS) is 17.4. The van der Waals surface area contributed by atoms with Crippen LogP contribution >= 0.6 is 10.7 Å². The van der Waals surface area contributed by atoms with Crippen molar-refractivity contribution < 1.29 is 17.9 Å². The Labute approximate surface area is 122 Å². The van der Waals surface area contributed by atoms with Gasteiger partial charge in [-0.25, -0.2) is 8.42 Å². The van der Waals surface area contributed by atoms with Crippen molar-refractivity contribution in [2.45, 2.75) is 24.2 Å². The van der Waals surface area contributed by atoms with Gasteiger partial charge in [0.05, 0.1) is 4.90 Å². The molecular weight excluding hydrogens is 302 g/mol. The fraction of sp³-hybridized carbons (Fsp3) is 0.462. The Morgan fingerprint density at radius 3 is 2.80 bits per heavy atom. The van der Waals surface area contributed by atoms with Crippen molar-refractivity contribution in [1.29, 1.82) is 0 Å². The number of ether oxygens (including phenoxy) is 1. The van der Waals surface area contributed by atoms with Crippen LogP contribution in [0.5, 0.6) is 5.75 Å². The monoisotopic (exact) mass is 317 g/mol. The lowest BCUT2D eigenvalue weighted by atomic mass is 10.00. The molecule has 1 atom stereocenters. The Kier molecular flexibility index (Phi) is 4.25. The summed E-state index contributed by atoms with van der Waals surface area (Å²) in [5, 5.41) is 0. The van der Waals surface area contributed by atoms with Crippen molar-refractivity contribution in [3.63, 3.8) is 0 Å². The molecular formula is C13H16ClNO4S. The van der Waals surface area contributed by atoms with Crippen LogP contribution in [0.4, 0.5) is 0 Å². The number of hydrogen-bond donors (Lipinski definition) is 0. The van der Waals surface area contributed by atoms with Gasteiger partial charge in [0, 0.05) is 29.8 Å². The van der Waals surface area contributed by atoms with Gasteiger partial charge in [0.25, 0.3) is 9.05 Å². The molecule has 0 aliphatic carbocycles. The Bertz CT molecular complexity index is 629. The van der Waals surface area contributed by atoms with E-state index >= 15 is 0 Å². The van der Waals surface area contributed by atoms with Crippen LogP contribution in [-0.2, 0) is 13.8 Å².